The van der Waals surface area contributed by atoms with Crippen molar-refractivity contribution in [2.24, 2.45) is 0 Å². The minimum absolute atomic E-state index is 0.235. The van der Waals surface area contributed by atoms with Crippen molar-refractivity contribution in [3.63, 3.8) is 0 Å². The Bertz CT molecular complexity index is 986. The van der Waals surface area contributed by atoms with E-state index in [0.717, 1.165) is 37.0 Å². The minimum Gasteiger partial charge on any atom is -0.493 e. The largest absolute Gasteiger partial charge is 0.493 e. The van der Waals surface area contributed by atoms with E-state index in [1.807, 2.05) is 18.2 Å². The molecule has 2 aromatic rings. The third kappa shape index (κ3) is 12.5. The molecule has 1 N–H and O–H groups in total. The van der Waals surface area contributed by atoms with Crippen LogP contribution in [0.1, 0.15) is 112 Å². The number of benzene rings is 2. The molecule has 2 rings (SSSR count). The van der Waals surface area contributed by atoms with Gasteiger partial charge in [0.15, 0.2) is 0 Å². The number of nitrogens with zero attached hydrogens (tertiary/aromatic N) is 1. The Balaban J connectivity index is 1.72. The third-order valence-corrected chi connectivity index (χ3v) is 7.91. The van der Waals surface area contributed by atoms with E-state index in [1.165, 1.54) is 57.8 Å². The Kier molecular flexibility index (Phi) is 16.1. The number of likely N-dealkylation sites (N-methyl/N-ethyl adjacent to an activating group) is 1. The number of ether oxygens (including phenoxy) is 2. The number of hydrogen-bond acceptors (Lipinski definition) is 4. The molecule has 0 unspecified atom stereocenters. The molecule has 0 aliphatic rings. The first-order valence-corrected chi connectivity index (χ1v) is 15.6. The molecule has 0 fully saturated rings. The molecule has 222 valence electrons. The topological polar surface area (TPSA) is 64.6 Å². The zero-order valence-electron chi connectivity index (χ0n) is 25.5. The van der Waals surface area contributed by atoms with Gasteiger partial charge in [-0.1, -0.05) is 83.3 Å². The molecule has 0 saturated carbocycles. The maximum atomic E-state index is 13.0. The highest BCUT2D eigenvalue weighted by atomic mass is 16.5. The highest BCUT2D eigenvalue weighted by Gasteiger charge is 2.18. The molecule has 1 amide bonds. The molecule has 0 saturated heterocycles. The van der Waals surface area contributed by atoms with Gasteiger partial charge in [-0.25, -0.2) is 4.79 Å². The highest BCUT2D eigenvalue weighted by Crippen LogP contribution is 2.21. The monoisotopic (exact) mass is 553 g/mol. The molecule has 6 heteroatoms. The Morgan fingerprint density at radius 1 is 0.725 bits per heavy atom. The summed E-state index contributed by atoms with van der Waals surface area (Å²) in [6.45, 7) is 10.3. The van der Waals surface area contributed by atoms with Crippen LogP contribution in [0.2, 0.25) is 0 Å². The number of rotatable bonds is 21. The lowest BCUT2D eigenvalue weighted by Crippen LogP contribution is -2.46. The van der Waals surface area contributed by atoms with Crippen LogP contribution >= 0.6 is 0 Å². The van der Waals surface area contributed by atoms with Crippen LogP contribution in [0.3, 0.4) is 0 Å². The molecule has 0 radical (unpaired) electrons. The Morgan fingerprint density at radius 2 is 1.30 bits per heavy atom. The highest BCUT2D eigenvalue weighted by molar-refractivity contribution is 6.06. The molecule has 0 atom stereocenters. The van der Waals surface area contributed by atoms with Crippen LogP contribution in [0, 0.1) is 0 Å². The number of unbranched alkanes of at least 4 members (excludes halogenated alkanes) is 10. The fourth-order valence-corrected chi connectivity index (χ4v) is 4.60. The summed E-state index contributed by atoms with van der Waals surface area (Å²) >= 11 is 0. The van der Waals surface area contributed by atoms with Crippen molar-refractivity contribution in [1.29, 1.82) is 0 Å². The van der Waals surface area contributed by atoms with Crippen LogP contribution in [0.5, 0.6) is 5.75 Å². The number of esters is 1. The van der Waals surface area contributed by atoms with Gasteiger partial charge in [-0.2, -0.15) is 0 Å². The summed E-state index contributed by atoms with van der Waals surface area (Å²) in [5.74, 6) is 0.00988. The molecule has 0 heterocycles. The average Bonchev–Trinajstić information content (AvgIpc) is 2.98. The van der Waals surface area contributed by atoms with Crippen molar-refractivity contribution in [2.45, 2.75) is 91.4 Å². The zero-order chi connectivity index (χ0) is 29.1. The van der Waals surface area contributed by atoms with Crippen molar-refractivity contribution < 1.29 is 23.5 Å². The fraction of sp³-hybridized carbons (Fsp3) is 0.588. The molecule has 2 aromatic carbocycles. The van der Waals surface area contributed by atoms with Gasteiger partial charge in [0.05, 0.1) is 37.9 Å². The Labute approximate surface area is 243 Å². The molecule has 0 aromatic heterocycles. The second-order valence-corrected chi connectivity index (χ2v) is 11.0. The van der Waals surface area contributed by atoms with Gasteiger partial charge in [0.25, 0.3) is 5.91 Å². The minimum atomic E-state index is -0.349. The molecule has 0 spiro atoms. The van der Waals surface area contributed by atoms with Crippen molar-refractivity contribution in [1.82, 2.24) is 0 Å². The number of carbonyl (C=O) groups is 2. The van der Waals surface area contributed by atoms with Crippen molar-refractivity contribution >= 4 is 17.6 Å². The lowest BCUT2D eigenvalue weighted by molar-refractivity contribution is -0.906. The second kappa shape index (κ2) is 19.3. The van der Waals surface area contributed by atoms with E-state index >= 15 is 0 Å². The van der Waals surface area contributed by atoms with Crippen molar-refractivity contribution in [3.8, 4) is 5.75 Å². The van der Waals surface area contributed by atoms with Crippen LogP contribution in [0.25, 0.3) is 0 Å². The lowest BCUT2D eigenvalue weighted by atomic mass is 10.1. The smallest absolute Gasteiger partial charge is 0.338 e. The summed E-state index contributed by atoms with van der Waals surface area (Å²) in [6.07, 6.45) is 14.2. The normalized spacial score (nSPS) is 11.3. The first kappa shape index (κ1) is 33.3. The van der Waals surface area contributed by atoms with Crippen LogP contribution in [0.15, 0.2) is 48.5 Å². The first-order valence-electron chi connectivity index (χ1n) is 15.6. The first-order chi connectivity index (χ1) is 19.4. The number of carbonyl (C=O) groups excluding carboxylic acids is 2. The number of anilines is 1. The molecule has 6 nitrogen and oxygen atoms in total. The molecule has 40 heavy (non-hydrogen) atoms. The number of nitrogens with one attached hydrogen (secondary N) is 1. The predicted octanol–water partition coefficient (Wildman–Crippen LogP) is 8.27. The van der Waals surface area contributed by atoms with Crippen LogP contribution in [-0.4, -0.2) is 56.3 Å². The van der Waals surface area contributed by atoms with Gasteiger partial charge >= 0.3 is 5.97 Å². The lowest BCUT2D eigenvalue weighted by Gasteiger charge is -2.31. The maximum Gasteiger partial charge on any atom is 0.338 e. The van der Waals surface area contributed by atoms with E-state index in [4.69, 9.17) is 9.47 Å². The van der Waals surface area contributed by atoms with E-state index in [2.05, 4.69) is 33.1 Å². The van der Waals surface area contributed by atoms with E-state index in [9.17, 15) is 9.59 Å². The van der Waals surface area contributed by atoms with Gasteiger partial charge in [0.1, 0.15) is 18.9 Å². The summed E-state index contributed by atoms with van der Waals surface area (Å²) < 4.78 is 12.3. The van der Waals surface area contributed by atoms with Gasteiger partial charge < -0.3 is 19.3 Å². The van der Waals surface area contributed by atoms with Crippen LogP contribution < -0.4 is 10.1 Å². The van der Waals surface area contributed by atoms with E-state index in [1.54, 1.807) is 30.3 Å². The second-order valence-electron chi connectivity index (χ2n) is 11.0. The van der Waals surface area contributed by atoms with Gasteiger partial charge in [-0.15, -0.1) is 0 Å². The standard InChI is InChI=1S/C34H52N2O4/c1-5-8-9-10-11-12-13-14-15-16-19-27-39-32-21-18-17-20-31(32)33(37)35-30-24-22-29(23-25-30)34(38)40-28-26-36(4,6-2)7-3/h17-18,20-25H,5-16,19,26-28H2,1-4H3/p+1. The van der Waals surface area contributed by atoms with Gasteiger partial charge in [0, 0.05) is 5.69 Å². The number of hydrogen-bond donors (Lipinski definition) is 1. The molecule has 0 aliphatic heterocycles. The quantitative estimate of drug-likeness (QED) is 0.0960. The van der Waals surface area contributed by atoms with Gasteiger partial charge in [0.2, 0.25) is 0 Å². The summed E-state index contributed by atoms with van der Waals surface area (Å²) in [5.41, 5.74) is 1.58. The summed E-state index contributed by atoms with van der Waals surface area (Å²) in [5, 5.41) is 2.92. The predicted molar refractivity (Wildman–Crippen MR) is 165 cm³/mol. The van der Waals surface area contributed by atoms with Crippen LogP contribution in [-0.2, 0) is 4.74 Å². The van der Waals surface area contributed by atoms with Gasteiger partial charge in [-0.3, -0.25) is 4.79 Å². The molecular weight excluding hydrogens is 500 g/mol. The summed E-state index contributed by atoms with van der Waals surface area (Å²) in [7, 11) is 2.16. The van der Waals surface area contributed by atoms with E-state index in [-0.39, 0.29) is 11.9 Å². The molecule has 0 bridgehead atoms. The number of para-hydroxylation sites is 1. The molecule has 0 aliphatic carbocycles. The Morgan fingerprint density at radius 3 is 1.90 bits per heavy atom. The van der Waals surface area contributed by atoms with E-state index in [0.29, 0.717) is 35.8 Å². The fourth-order valence-electron chi connectivity index (χ4n) is 4.60. The summed E-state index contributed by atoms with van der Waals surface area (Å²) in [6, 6.07) is 14.1. The summed E-state index contributed by atoms with van der Waals surface area (Å²) in [4.78, 5) is 25.4. The number of quaternary nitrogens is 1. The van der Waals surface area contributed by atoms with Crippen molar-refractivity contribution in [2.75, 3.05) is 45.2 Å². The van der Waals surface area contributed by atoms with Crippen LogP contribution in [0.4, 0.5) is 5.69 Å². The van der Waals surface area contributed by atoms with E-state index < -0.39 is 0 Å². The average molecular weight is 554 g/mol. The maximum absolute atomic E-state index is 13.0. The SMILES string of the molecule is CCCCCCCCCCCCCOc1ccccc1C(=O)Nc1ccc(C(=O)OCC[N+](C)(CC)CC)cc1. The van der Waals surface area contributed by atoms with Crippen molar-refractivity contribution in [3.05, 3.63) is 59.7 Å². The zero-order valence-corrected chi connectivity index (χ0v) is 25.5. The van der Waals surface area contributed by atoms with Gasteiger partial charge in [-0.05, 0) is 56.7 Å². The Hall–Kier alpha value is -2.86. The third-order valence-electron chi connectivity index (χ3n) is 7.91. The molecular formula is C34H53N2O4+. The number of amides is 1.